The van der Waals surface area contributed by atoms with Gasteiger partial charge in [0.25, 0.3) is 0 Å². The summed E-state index contributed by atoms with van der Waals surface area (Å²) in [6.45, 7) is 1.20. The monoisotopic (exact) mass is 352 g/mol. The van der Waals surface area contributed by atoms with E-state index in [2.05, 4.69) is 5.32 Å². The van der Waals surface area contributed by atoms with Gasteiger partial charge in [-0.3, -0.25) is 14.4 Å². The van der Waals surface area contributed by atoms with Crippen molar-refractivity contribution < 1.29 is 29.0 Å². The van der Waals surface area contributed by atoms with Crippen molar-refractivity contribution in [3.05, 3.63) is 23.8 Å². The molecule has 1 aromatic rings. The lowest BCUT2D eigenvalue weighted by molar-refractivity contribution is -0.144. The fourth-order valence-corrected chi connectivity index (χ4v) is 2.18. The second kappa shape index (κ2) is 10.2. The van der Waals surface area contributed by atoms with Crippen molar-refractivity contribution in [1.82, 2.24) is 10.2 Å². The van der Waals surface area contributed by atoms with Crippen molar-refractivity contribution >= 4 is 17.8 Å². The average Bonchev–Trinajstić information content (AvgIpc) is 2.58. The minimum atomic E-state index is -1.14. The molecule has 8 heteroatoms. The lowest BCUT2D eigenvalue weighted by Crippen LogP contribution is -2.42. The summed E-state index contributed by atoms with van der Waals surface area (Å²) in [4.78, 5) is 36.0. The number of carbonyl (C=O) groups is 3. The molecule has 0 spiro atoms. The van der Waals surface area contributed by atoms with E-state index >= 15 is 0 Å². The zero-order valence-electron chi connectivity index (χ0n) is 14.7. The van der Waals surface area contributed by atoms with Gasteiger partial charge in [0.15, 0.2) is 0 Å². The predicted octanol–water partition coefficient (Wildman–Crippen LogP) is 1.03. The normalized spacial score (nSPS) is 10.0. The Labute approximate surface area is 146 Å². The fourth-order valence-electron chi connectivity index (χ4n) is 2.18. The van der Waals surface area contributed by atoms with Gasteiger partial charge < -0.3 is 24.8 Å². The van der Waals surface area contributed by atoms with Gasteiger partial charge in [0.1, 0.15) is 18.0 Å². The van der Waals surface area contributed by atoms with Crippen molar-refractivity contribution in [1.29, 1.82) is 0 Å². The molecule has 8 nitrogen and oxygen atoms in total. The fraction of sp³-hybridized carbons (Fsp3) is 0.471. The van der Waals surface area contributed by atoms with Crippen LogP contribution in [-0.2, 0) is 20.9 Å². The van der Waals surface area contributed by atoms with Gasteiger partial charge in [0, 0.05) is 19.0 Å². The first-order valence-corrected chi connectivity index (χ1v) is 7.87. The van der Waals surface area contributed by atoms with Gasteiger partial charge in [-0.25, -0.2) is 0 Å². The number of nitrogens with one attached hydrogen (secondary N) is 1. The highest BCUT2D eigenvalue weighted by molar-refractivity contribution is 5.86. The van der Waals surface area contributed by atoms with Crippen LogP contribution in [0.4, 0.5) is 0 Å². The number of methoxy groups -OCH3 is 2. The topological polar surface area (TPSA) is 105 Å². The Morgan fingerprint density at radius 1 is 1.12 bits per heavy atom. The van der Waals surface area contributed by atoms with Crippen LogP contribution in [0.15, 0.2) is 18.2 Å². The van der Waals surface area contributed by atoms with Crippen LogP contribution in [-0.4, -0.2) is 55.1 Å². The third-order valence-electron chi connectivity index (χ3n) is 3.38. The SMILES string of the molecule is CCCC(=O)NCC(=O)N(CC(=O)O)Cc1cc(OC)cc(OC)c1. The smallest absolute Gasteiger partial charge is 0.323 e. The predicted molar refractivity (Wildman–Crippen MR) is 90.5 cm³/mol. The highest BCUT2D eigenvalue weighted by Gasteiger charge is 2.18. The second-order valence-corrected chi connectivity index (χ2v) is 5.39. The molecule has 0 aliphatic heterocycles. The number of carbonyl (C=O) groups excluding carboxylic acids is 2. The van der Waals surface area contributed by atoms with Crippen molar-refractivity contribution in [3.63, 3.8) is 0 Å². The van der Waals surface area contributed by atoms with Gasteiger partial charge in [0.2, 0.25) is 11.8 Å². The van der Waals surface area contributed by atoms with E-state index in [0.717, 1.165) is 4.90 Å². The Morgan fingerprint density at radius 3 is 2.20 bits per heavy atom. The maximum atomic E-state index is 12.3. The number of benzene rings is 1. The molecule has 1 rings (SSSR count). The maximum Gasteiger partial charge on any atom is 0.323 e. The summed E-state index contributed by atoms with van der Waals surface area (Å²) < 4.78 is 10.3. The summed E-state index contributed by atoms with van der Waals surface area (Å²) in [7, 11) is 3.00. The minimum Gasteiger partial charge on any atom is -0.497 e. The molecule has 2 amide bonds. The molecule has 0 unspecified atom stereocenters. The van der Waals surface area contributed by atoms with Gasteiger partial charge >= 0.3 is 5.97 Å². The Balaban J connectivity index is 2.86. The van der Waals surface area contributed by atoms with Gasteiger partial charge in [-0.05, 0) is 24.1 Å². The Kier molecular flexibility index (Phi) is 8.25. The number of ether oxygens (including phenoxy) is 2. The van der Waals surface area contributed by atoms with Crippen LogP contribution in [0.1, 0.15) is 25.3 Å². The van der Waals surface area contributed by atoms with Crippen LogP contribution < -0.4 is 14.8 Å². The number of rotatable bonds is 10. The molecule has 0 aliphatic rings. The Hall–Kier alpha value is -2.77. The van der Waals surface area contributed by atoms with Gasteiger partial charge in [-0.2, -0.15) is 0 Å². The zero-order chi connectivity index (χ0) is 18.8. The molecule has 0 atom stereocenters. The molecule has 0 heterocycles. The quantitative estimate of drug-likeness (QED) is 0.652. The summed E-state index contributed by atoms with van der Waals surface area (Å²) in [6.07, 6.45) is 0.988. The molecule has 0 aromatic heterocycles. The average molecular weight is 352 g/mol. The highest BCUT2D eigenvalue weighted by atomic mass is 16.5. The highest BCUT2D eigenvalue weighted by Crippen LogP contribution is 2.23. The standard InChI is InChI=1S/C17H24N2O6/c1-4-5-15(20)18-9-16(21)19(11-17(22)23)10-12-6-13(24-2)8-14(7-12)25-3/h6-8H,4-5,9-11H2,1-3H3,(H,18,20)(H,22,23). The van der Waals surface area contributed by atoms with Crippen LogP contribution in [0.3, 0.4) is 0 Å². The molecule has 0 fully saturated rings. The molecule has 1 aromatic carbocycles. The molecular weight excluding hydrogens is 328 g/mol. The van der Waals surface area contributed by atoms with Crippen molar-refractivity contribution in [2.45, 2.75) is 26.3 Å². The van der Waals surface area contributed by atoms with Gasteiger partial charge in [-0.1, -0.05) is 6.92 Å². The lowest BCUT2D eigenvalue weighted by Gasteiger charge is -2.21. The maximum absolute atomic E-state index is 12.3. The minimum absolute atomic E-state index is 0.0579. The van der Waals surface area contributed by atoms with Gasteiger partial charge in [0.05, 0.1) is 20.8 Å². The third kappa shape index (κ3) is 7.11. The van der Waals surface area contributed by atoms with Crippen LogP contribution in [0.25, 0.3) is 0 Å². The van der Waals surface area contributed by atoms with Crippen molar-refractivity contribution in [2.75, 3.05) is 27.3 Å². The lowest BCUT2D eigenvalue weighted by atomic mass is 10.2. The number of carboxylic acid groups (broad SMARTS) is 1. The summed E-state index contributed by atoms with van der Waals surface area (Å²) in [5.74, 6) is -0.785. The van der Waals surface area contributed by atoms with E-state index in [4.69, 9.17) is 14.6 Å². The molecular formula is C17H24N2O6. The van der Waals surface area contributed by atoms with E-state index < -0.39 is 18.4 Å². The number of amides is 2. The molecule has 25 heavy (non-hydrogen) atoms. The molecule has 2 N–H and O–H groups in total. The number of carboxylic acids is 1. The van der Waals surface area contributed by atoms with Gasteiger partial charge in [-0.15, -0.1) is 0 Å². The summed E-state index contributed by atoms with van der Waals surface area (Å²) in [5.41, 5.74) is 0.658. The molecule has 138 valence electrons. The largest absolute Gasteiger partial charge is 0.497 e. The molecule has 0 saturated carbocycles. The van der Waals surface area contributed by atoms with Crippen molar-refractivity contribution in [3.8, 4) is 11.5 Å². The van der Waals surface area contributed by atoms with E-state index in [0.29, 0.717) is 29.9 Å². The first-order valence-electron chi connectivity index (χ1n) is 7.87. The van der Waals surface area contributed by atoms with Crippen LogP contribution in [0.5, 0.6) is 11.5 Å². The first kappa shape index (κ1) is 20.3. The number of hydrogen-bond donors (Lipinski definition) is 2. The second-order valence-electron chi connectivity index (χ2n) is 5.39. The molecule has 0 aliphatic carbocycles. The van der Waals surface area contributed by atoms with Crippen LogP contribution in [0, 0.1) is 0 Å². The third-order valence-corrected chi connectivity index (χ3v) is 3.38. The first-order chi connectivity index (χ1) is 11.9. The Bertz CT molecular complexity index is 595. The summed E-state index contributed by atoms with van der Waals surface area (Å²) in [6, 6.07) is 5.07. The summed E-state index contributed by atoms with van der Waals surface area (Å²) in [5, 5.41) is 11.5. The molecule has 0 saturated heterocycles. The number of hydrogen-bond acceptors (Lipinski definition) is 5. The number of aliphatic carboxylic acids is 1. The van der Waals surface area contributed by atoms with Crippen LogP contribution >= 0.6 is 0 Å². The van der Waals surface area contributed by atoms with Crippen LogP contribution in [0.2, 0.25) is 0 Å². The number of nitrogens with zero attached hydrogens (tertiary/aromatic N) is 1. The van der Waals surface area contributed by atoms with E-state index in [1.165, 1.54) is 14.2 Å². The Morgan fingerprint density at radius 2 is 1.72 bits per heavy atom. The van der Waals surface area contributed by atoms with E-state index in [1.807, 2.05) is 6.92 Å². The van der Waals surface area contributed by atoms with E-state index in [9.17, 15) is 14.4 Å². The van der Waals surface area contributed by atoms with Crippen molar-refractivity contribution in [2.24, 2.45) is 0 Å². The van der Waals surface area contributed by atoms with E-state index in [1.54, 1.807) is 18.2 Å². The zero-order valence-corrected chi connectivity index (χ0v) is 14.7. The van der Waals surface area contributed by atoms with E-state index in [-0.39, 0.29) is 19.0 Å². The molecule has 0 radical (unpaired) electrons. The summed E-state index contributed by atoms with van der Waals surface area (Å²) >= 11 is 0. The molecule has 0 bridgehead atoms.